The van der Waals surface area contributed by atoms with Crippen LogP contribution >= 0.6 is 15.9 Å². The maximum atomic E-state index is 5.69. The number of anilines is 1. The van der Waals surface area contributed by atoms with E-state index in [0.717, 1.165) is 29.9 Å². The highest BCUT2D eigenvalue weighted by Crippen LogP contribution is 2.36. The molecule has 1 aliphatic heterocycles. The van der Waals surface area contributed by atoms with E-state index >= 15 is 0 Å². The summed E-state index contributed by atoms with van der Waals surface area (Å²) in [5.41, 5.74) is 7.25. The third kappa shape index (κ3) is 3.07. The summed E-state index contributed by atoms with van der Waals surface area (Å²) >= 11 is 3.50. The number of piperidine rings is 1. The van der Waals surface area contributed by atoms with E-state index in [2.05, 4.69) is 58.9 Å². The zero-order valence-electron chi connectivity index (χ0n) is 11.3. The summed E-state index contributed by atoms with van der Waals surface area (Å²) in [6.45, 7) is 6.65. The van der Waals surface area contributed by atoms with Gasteiger partial charge in [-0.1, -0.05) is 15.9 Å². The molecule has 1 heterocycles. The van der Waals surface area contributed by atoms with E-state index in [-0.39, 0.29) is 5.54 Å². The van der Waals surface area contributed by atoms with Gasteiger partial charge in [0, 0.05) is 22.2 Å². The monoisotopic (exact) mass is 310 g/mol. The molecule has 18 heavy (non-hydrogen) atoms. The van der Waals surface area contributed by atoms with Gasteiger partial charge in [-0.05, 0) is 69.8 Å². The van der Waals surface area contributed by atoms with Crippen molar-refractivity contribution in [2.75, 3.05) is 18.0 Å². The van der Waals surface area contributed by atoms with Gasteiger partial charge >= 0.3 is 0 Å². The first-order valence-electron chi connectivity index (χ1n) is 6.76. The molecule has 0 spiro atoms. The quantitative estimate of drug-likeness (QED) is 0.920. The van der Waals surface area contributed by atoms with E-state index in [1.54, 1.807) is 0 Å². The molecule has 1 aromatic carbocycles. The van der Waals surface area contributed by atoms with Crippen LogP contribution in [-0.2, 0) is 0 Å². The van der Waals surface area contributed by atoms with Crippen LogP contribution in [0.3, 0.4) is 0 Å². The van der Waals surface area contributed by atoms with Gasteiger partial charge in [0.2, 0.25) is 0 Å². The smallest absolute Gasteiger partial charge is 0.0371 e. The second-order valence-electron chi connectivity index (χ2n) is 5.88. The lowest BCUT2D eigenvalue weighted by atomic mass is 9.80. The lowest BCUT2D eigenvalue weighted by Crippen LogP contribution is -2.50. The minimum Gasteiger partial charge on any atom is -0.366 e. The predicted octanol–water partition coefficient (Wildman–Crippen LogP) is 3.79. The highest BCUT2D eigenvalue weighted by Gasteiger charge is 2.34. The minimum absolute atomic E-state index is 0.228. The summed E-state index contributed by atoms with van der Waals surface area (Å²) in [5.74, 6) is 0.789. The minimum atomic E-state index is 0.228. The largest absolute Gasteiger partial charge is 0.366 e. The van der Waals surface area contributed by atoms with E-state index in [9.17, 15) is 0 Å². The van der Waals surface area contributed by atoms with Gasteiger partial charge in [-0.3, -0.25) is 0 Å². The molecular formula is C15H23BrN2. The van der Waals surface area contributed by atoms with Crippen LogP contribution in [0.1, 0.15) is 33.1 Å². The standard InChI is InChI=1S/C15H23BrN2/c1-15(2)11-12(7-9-17)8-10-18(15)14-5-3-13(16)4-6-14/h3-6,12H,7-11,17H2,1-2H3. The molecule has 100 valence electrons. The number of hydrogen-bond donors (Lipinski definition) is 1. The topological polar surface area (TPSA) is 29.3 Å². The lowest BCUT2D eigenvalue weighted by Gasteiger charge is -2.47. The Balaban J connectivity index is 2.12. The molecule has 1 saturated heterocycles. The average Bonchev–Trinajstić information content (AvgIpc) is 2.30. The summed E-state index contributed by atoms with van der Waals surface area (Å²) in [6, 6.07) is 8.65. The fourth-order valence-electron chi connectivity index (χ4n) is 3.11. The second-order valence-corrected chi connectivity index (χ2v) is 6.79. The molecule has 2 N–H and O–H groups in total. The van der Waals surface area contributed by atoms with Crippen LogP contribution in [-0.4, -0.2) is 18.6 Å². The lowest BCUT2D eigenvalue weighted by molar-refractivity contribution is 0.264. The maximum absolute atomic E-state index is 5.69. The van der Waals surface area contributed by atoms with Crippen molar-refractivity contribution in [2.45, 2.75) is 38.6 Å². The van der Waals surface area contributed by atoms with Crippen LogP contribution in [0.5, 0.6) is 0 Å². The fourth-order valence-corrected chi connectivity index (χ4v) is 3.38. The van der Waals surface area contributed by atoms with Crippen LogP contribution in [0.25, 0.3) is 0 Å². The number of rotatable bonds is 3. The Morgan fingerprint density at radius 1 is 1.33 bits per heavy atom. The van der Waals surface area contributed by atoms with Crippen molar-refractivity contribution in [3.8, 4) is 0 Å². The Kier molecular flexibility index (Phi) is 4.33. The van der Waals surface area contributed by atoms with Crippen LogP contribution < -0.4 is 10.6 Å². The molecule has 0 radical (unpaired) electrons. The first kappa shape index (κ1) is 13.9. The summed E-state index contributed by atoms with van der Waals surface area (Å²) in [4.78, 5) is 2.53. The molecule has 1 atom stereocenters. The van der Waals surface area contributed by atoms with Crippen LogP contribution in [0, 0.1) is 5.92 Å². The highest BCUT2D eigenvalue weighted by atomic mass is 79.9. The van der Waals surface area contributed by atoms with Gasteiger partial charge in [0.25, 0.3) is 0 Å². The average molecular weight is 311 g/mol. The molecule has 0 amide bonds. The van der Waals surface area contributed by atoms with E-state index in [0.29, 0.717) is 0 Å². The Bertz CT molecular complexity index is 386. The predicted molar refractivity (Wildman–Crippen MR) is 82.0 cm³/mol. The normalized spacial score (nSPS) is 23.1. The summed E-state index contributed by atoms with van der Waals surface area (Å²) in [6.07, 6.45) is 3.66. The Labute approximate surface area is 119 Å². The van der Waals surface area contributed by atoms with Gasteiger partial charge in [-0.15, -0.1) is 0 Å². The summed E-state index contributed by atoms with van der Waals surface area (Å²) < 4.78 is 1.14. The molecule has 0 bridgehead atoms. The Morgan fingerprint density at radius 3 is 2.56 bits per heavy atom. The van der Waals surface area contributed by atoms with E-state index < -0.39 is 0 Å². The molecule has 2 rings (SSSR count). The molecule has 0 aromatic heterocycles. The molecular weight excluding hydrogens is 288 g/mol. The molecule has 0 aliphatic carbocycles. The second kappa shape index (κ2) is 5.62. The molecule has 2 nitrogen and oxygen atoms in total. The van der Waals surface area contributed by atoms with Gasteiger partial charge in [-0.25, -0.2) is 0 Å². The number of hydrogen-bond acceptors (Lipinski definition) is 2. The molecule has 1 aromatic rings. The van der Waals surface area contributed by atoms with Crippen molar-refractivity contribution >= 4 is 21.6 Å². The van der Waals surface area contributed by atoms with Crippen molar-refractivity contribution in [2.24, 2.45) is 11.7 Å². The van der Waals surface area contributed by atoms with Crippen molar-refractivity contribution in [1.29, 1.82) is 0 Å². The Hall–Kier alpha value is -0.540. The third-order valence-electron chi connectivity index (χ3n) is 3.99. The third-order valence-corrected chi connectivity index (χ3v) is 4.52. The first-order chi connectivity index (χ1) is 8.53. The van der Waals surface area contributed by atoms with Gasteiger partial charge in [0.1, 0.15) is 0 Å². The fraction of sp³-hybridized carbons (Fsp3) is 0.600. The van der Waals surface area contributed by atoms with E-state index in [1.165, 1.54) is 18.5 Å². The first-order valence-corrected chi connectivity index (χ1v) is 7.55. The van der Waals surface area contributed by atoms with Crippen LogP contribution in [0.4, 0.5) is 5.69 Å². The highest BCUT2D eigenvalue weighted by molar-refractivity contribution is 9.10. The van der Waals surface area contributed by atoms with Gasteiger partial charge in [0.15, 0.2) is 0 Å². The zero-order chi connectivity index (χ0) is 13.2. The van der Waals surface area contributed by atoms with Gasteiger partial charge in [0.05, 0.1) is 0 Å². The molecule has 3 heteroatoms. The number of benzene rings is 1. The van der Waals surface area contributed by atoms with Gasteiger partial charge < -0.3 is 10.6 Å². The summed E-state index contributed by atoms with van der Waals surface area (Å²) in [7, 11) is 0. The molecule has 1 aliphatic rings. The van der Waals surface area contributed by atoms with Crippen molar-refractivity contribution in [3.05, 3.63) is 28.7 Å². The number of nitrogens with two attached hydrogens (primary N) is 1. The zero-order valence-corrected chi connectivity index (χ0v) is 12.9. The summed E-state index contributed by atoms with van der Waals surface area (Å²) in [5, 5.41) is 0. The molecule has 1 unspecified atom stereocenters. The number of nitrogens with zero attached hydrogens (tertiary/aromatic N) is 1. The number of halogens is 1. The van der Waals surface area contributed by atoms with Crippen LogP contribution in [0.2, 0.25) is 0 Å². The van der Waals surface area contributed by atoms with Gasteiger partial charge in [-0.2, -0.15) is 0 Å². The Morgan fingerprint density at radius 2 is 2.00 bits per heavy atom. The van der Waals surface area contributed by atoms with Crippen molar-refractivity contribution in [3.63, 3.8) is 0 Å². The SMILES string of the molecule is CC1(C)CC(CCN)CCN1c1ccc(Br)cc1. The van der Waals surface area contributed by atoms with Crippen molar-refractivity contribution < 1.29 is 0 Å². The van der Waals surface area contributed by atoms with E-state index in [4.69, 9.17) is 5.73 Å². The van der Waals surface area contributed by atoms with Crippen molar-refractivity contribution in [1.82, 2.24) is 0 Å². The molecule has 1 fully saturated rings. The van der Waals surface area contributed by atoms with E-state index in [1.807, 2.05) is 0 Å². The molecule has 0 saturated carbocycles. The van der Waals surface area contributed by atoms with Crippen LogP contribution in [0.15, 0.2) is 28.7 Å². The maximum Gasteiger partial charge on any atom is 0.0371 e.